The van der Waals surface area contributed by atoms with Crippen molar-refractivity contribution in [1.82, 2.24) is 0 Å². The molecule has 1 nitrogen and oxygen atoms in total. The SMILES string of the molecule is O=Cc1ccc(Cl)c(C(F)(F)CF)c1. The maximum Gasteiger partial charge on any atom is 0.302 e. The van der Waals surface area contributed by atoms with Gasteiger partial charge in [-0.05, 0) is 12.1 Å². The molecule has 0 saturated carbocycles. The summed E-state index contributed by atoms with van der Waals surface area (Å²) in [4.78, 5) is 10.3. The Bertz CT molecular complexity index is 352. The molecular weight excluding hydrogens is 217 g/mol. The van der Waals surface area contributed by atoms with Gasteiger partial charge in [-0.1, -0.05) is 17.7 Å². The molecule has 0 saturated heterocycles. The molecular formula is C9H6ClF3O. The summed E-state index contributed by atoms with van der Waals surface area (Å²) < 4.78 is 37.7. The summed E-state index contributed by atoms with van der Waals surface area (Å²) in [6.45, 7) is -1.84. The van der Waals surface area contributed by atoms with Crippen molar-refractivity contribution < 1.29 is 18.0 Å². The molecule has 1 rings (SSSR count). The molecule has 0 aliphatic rings. The fourth-order valence-corrected chi connectivity index (χ4v) is 1.22. The maximum atomic E-state index is 12.9. The third-order valence-corrected chi connectivity index (χ3v) is 2.02. The van der Waals surface area contributed by atoms with Gasteiger partial charge in [-0.25, -0.2) is 4.39 Å². The Morgan fingerprint density at radius 2 is 2.07 bits per heavy atom. The van der Waals surface area contributed by atoms with Gasteiger partial charge in [-0.15, -0.1) is 0 Å². The van der Waals surface area contributed by atoms with E-state index in [1.807, 2.05) is 0 Å². The minimum atomic E-state index is -3.64. The zero-order valence-corrected chi connectivity index (χ0v) is 7.69. The van der Waals surface area contributed by atoms with Crippen LogP contribution in [0.3, 0.4) is 0 Å². The molecule has 0 aromatic heterocycles. The Morgan fingerprint density at radius 3 is 2.57 bits per heavy atom. The second kappa shape index (κ2) is 4.00. The minimum Gasteiger partial charge on any atom is -0.298 e. The smallest absolute Gasteiger partial charge is 0.298 e. The van der Waals surface area contributed by atoms with Crippen LogP contribution in [0.5, 0.6) is 0 Å². The van der Waals surface area contributed by atoms with Crippen molar-refractivity contribution in [3.05, 3.63) is 34.3 Å². The zero-order chi connectivity index (χ0) is 10.8. The molecule has 0 unspecified atom stereocenters. The molecule has 76 valence electrons. The maximum absolute atomic E-state index is 12.9. The second-order valence-corrected chi connectivity index (χ2v) is 3.10. The normalized spacial score (nSPS) is 11.4. The highest BCUT2D eigenvalue weighted by atomic mass is 35.5. The predicted molar refractivity (Wildman–Crippen MR) is 46.7 cm³/mol. The number of aldehydes is 1. The molecule has 0 fully saturated rings. The molecule has 1 aromatic rings. The lowest BCUT2D eigenvalue weighted by Crippen LogP contribution is -2.16. The van der Waals surface area contributed by atoms with Crippen LogP contribution in [0.15, 0.2) is 18.2 Å². The van der Waals surface area contributed by atoms with Crippen molar-refractivity contribution in [2.75, 3.05) is 6.67 Å². The number of alkyl halides is 3. The number of carbonyl (C=O) groups excluding carboxylic acids is 1. The Balaban J connectivity index is 3.25. The van der Waals surface area contributed by atoms with E-state index in [1.54, 1.807) is 0 Å². The van der Waals surface area contributed by atoms with Crippen LogP contribution in [0.4, 0.5) is 13.2 Å². The van der Waals surface area contributed by atoms with E-state index in [0.29, 0.717) is 6.29 Å². The Morgan fingerprint density at radius 1 is 1.43 bits per heavy atom. The lowest BCUT2D eigenvalue weighted by atomic mass is 10.1. The first kappa shape index (κ1) is 11.0. The topological polar surface area (TPSA) is 17.1 Å². The van der Waals surface area contributed by atoms with Gasteiger partial charge >= 0.3 is 5.92 Å². The highest BCUT2D eigenvalue weighted by molar-refractivity contribution is 6.31. The third kappa shape index (κ3) is 2.07. The van der Waals surface area contributed by atoms with E-state index in [0.717, 1.165) is 12.1 Å². The van der Waals surface area contributed by atoms with Crippen molar-refractivity contribution >= 4 is 17.9 Å². The molecule has 5 heteroatoms. The molecule has 14 heavy (non-hydrogen) atoms. The number of hydrogen-bond donors (Lipinski definition) is 0. The van der Waals surface area contributed by atoms with Gasteiger partial charge in [0, 0.05) is 16.1 Å². The van der Waals surface area contributed by atoms with Crippen LogP contribution < -0.4 is 0 Å². The number of hydrogen-bond acceptors (Lipinski definition) is 1. The fraction of sp³-hybridized carbons (Fsp3) is 0.222. The largest absolute Gasteiger partial charge is 0.302 e. The molecule has 0 amide bonds. The van der Waals surface area contributed by atoms with Crippen LogP contribution in [0.2, 0.25) is 5.02 Å². The Labute approximate surface area is 83.5 Å². The fourth-order valence-electron chi connectivity index (χ4n) is 0.968. The number of carbonyl (C=O) groups is 1. The summed E-state index contributed by atoms with van der Waals surface area (Å²) in [7, 11) is 0. The number of halogens is 4. The molecule has 0 aliphatic heterocycles. The quantitative estimate of drug-likeness (QED) is 0.718. The molecule has 0 bridgehead atoms. The number of benzene rings is 1. The third-order valence-electron chi connectivity index (χ3n) is 1.69. The first-order valence-corrected chi connectivity index (χ1v) is 4.08. The average Bonchev–Trinajstić information content (AvgIpc) is 2.18. The first-order valence-electron chi connectivity index (χ1n) is 3.70. The van der Waals surface area contributed by atoms with Crippen LogP contribution in [-0.4, -0.2) is 13.0 Å². The van der Waals surface area contributed by atoms with Crippen molar-refractivity contribution in [3.8, 4) is 0 Å². The molecule has 0 heterocycles. The monoisotopic (exact) mass is 222 g/mol. The minimum absolute atomic E-state index is 0.0394. The summed E-state index contributed by atoms with van der Waals surface area (Å²) in [5.41, 5.74) is -0.621. The van der Waals surface area contributed by atoms with Gasteiger partial charge in [0.2, 0.25) is 0 Å². The summed E-state index contributed by atoms with van der Waals surface area (Å²) in [5, 5.41) is -0.252. The summed E-state index contributed by atoms with van der Waals surface area (Å²) in [6, 6.07) is 3.31. The van der Waals surface area contributed by atoms with E-state index >= 15 is 0 Å². The van der Waals surface area contributed by atoms with Gasteiger partial charge in [-0.3, -0.25) is 4.79 Å². The van der Waals surface area contributed by atoms with Crippen molar-refractivity contribution in [3.63, 3.8) is 0 Å². The van der Waals surface area contributed by atoms with Gasteiger partial charge < -0.3 is 0 Å². The Hall–Kier alpha value is -1.03. The summed E-state index contributed by atoms with van der Waals surface area (Å²) in [5.74, 6) is -3.64. The van der Waals surface area contributed by atoms with E-state index in [4.69, 9.17) is 11.6 Å². The van der Waals surface area contributed by atoms with E-state index in [2.05, 4.69) is 0 Å². The van der Waals surface area contributed by atoms with Gasteiger partial charge in [-0.2, -0.15) is 8.78 Å². The molecule has 0 N–H and O–H groups in total. The van der Waals surface area contributed by atoms with Crippen LogP contribution in [0.1, 0.15) is 15.9 Å². The zero-order valence-electron chi connectivity index (χ0n) is 6.94. The van der Waals surface area contributed by atoms with Crippen molar-refractivity contribution in [2.45, 2.75) is 5.92 Å². The summed E-state index contributed by atoms with van der Waals surface area (Å²) in [6.07, 6.45) is 0.397. The van der Waals surface area contributed by atoms with E-state index < -0.39 is 18.2 Å². The van der Waals surface area contributed by atoms with Crippen molar-refractivity contribution in [2.24, 2.45) is 0 Å². The van der Waals surface area contributed by atoms with Crippen LogP contribution in [-0.2, 0) is 5.92 Å². The lowest BCUT2D eigenvalue weighted by Gasteiger charge is -2.14. The molecule has 1 aromatic carbocycles. The number of rotatable bonds is 3. The van der Waals surface area contributed by atoms with E-state index in [1.165, 1.54) is 6.07 Å². The van der Waals surface area contributed by atoms with Gasteiger partial charge in [0.25, 0.3) is 0 Å². The van der Waals surface area contributed by atoms with Gasteiger partial charge in [0.1, 0.15) is 6.29 Å². The summed E-state index contributed by atoms with van der Waals surface area (Å²) >= 11 is 5.45. The van der Waals surface area contributed by atoms with E-state index in [-0.39, 0.29) is 10.6 Å². The second-order valence-electron chi connectivity index (χ2n) is 2.70. The van der Waals surface area contributed by atoms with E-state index in [9.17, 15) is 18.0 Å². The van der Waals surface area contributed by atoms with Gasteiger partial charge in [0.15, 0.2) is 6.67 Å². The average molecular weight is 223 g/mol. The molecule has 0 aliphatic carbocycles. The predicted octanol–water partition coefficient (Wildman–Crippen LogP) is 3.21. The van der Waals surface area contributed by atoms with Crippen LogP contribution in [0.25, 0.3) is 0 Å². The Kier molecular flexibility index (Phi) is 3.16. The lowest BCUT2D eigenvalue weighted by molar-refractivity contribution is -0.0279. The molecule has 0 atom stereocenters. The molecule has 0 radical (unpaired) electrons. The highest BCUT2D eigenvalue weighted by Gasteiger charge is 2.34. The highest BCUT2D eigenvalue weighted by Crippen LogP contribution is 2.34. The first-order chi connectivity index (χ1) is 6.51. The van der Waals surface area contributed by atoms with Crippen molar-refractivity contribution in [1.29, 1.82) is 0 Å². The molecule has 0 spiro atoms. The standard InChI is InChI=1S/C9H6ClF3O/c10-8-2-1-6(4-14)3-7(8)9(12,13)5-11/h1-4H,5H2. The van der Waals surface area contributed by atoms with Crippen LogP contribution >= 0.6 is 11.6 Å². The van der Waals surface area contributed by atoms with Gasteiger partial charge in [0.05, 0.1) is 0 Å². The van der Waals surface area contributed by atoms with Crippen LogP contribution in [0, 0.1) is 0 Å².